The third-order valence-electron chi connectivity index (χ3n) is 5.04. The molecular formula is C20H19N3O4S2. The quantitative estimate of drug-likeness (QED) is 0.667. The predicted molar refractivity (Wildman–Crippen MR) is 113 cm³/mol. The molecule has 5 rings (SSSR count). The van der Waals surface area contributed by atoms with E-state index in [9.17, 15) is 9.59 Å². The first-order chi connectivity index (χ1) is 14.2. The smallest absolute Gasteiger partial charge is 0.321 e. The molecule has 2 aromatic heterocycles. The van der Waals surface area contributed by atoms with Gasteiger partial charge in [0.25, 0.3) is 5.91 Å². The van der Waals surface area contributed by atoms with Gasteiger partial charge in [0.05, 0.1) is 4.88 Å². The van der Waals surface area contributed by atoms with Crippen molar-refractivity contribution in [1.29, 1.82) is 0 Å². The monoisotopic (exact) mass is 429 g/mol. The third-order valence-corrected chi connectivity index (χ3v) is 7.13. The number of rotatable bonds is 2. The van der Waals surface area contributed by atoms with Crippen LogP contribution in [0.15, 0.2) is 35.7 Å². The summed E-state index contributed by atoms with van der Waals surface area (Å²) in [6.45, 7) is 2.49. The number of ether oxygens (including phenoxy) is 2. The number of urea groups is 1. The minimum absolute atomic E-state index is 0.0522. The van der Waals surface area contributed by atoms with Crippen molar-refractivity contribution in [1.82, 2.24) is 9.80 Å². The van der Waals surface area contributed by atoms with Crippen LogP contribution in [0.2, 0.25) is 0 Å². The lowest BCUT2D eigenvalue weighted by Gasteiger charge is -2.22. The molecule has 0 unspecified atom stereocenters. The van der Waals surface area contributed by atoms with Gasteiger partial charge in [-0.05, 0) is 36.1 Å². The number of hydrogen-bond donors (Lipinski definition) is 1. The van der Waals surface area contributed by atoms with Crippen LogP contribution >= 0.6 is 22.7 Å². The maximum atomic E-state index is 12.9. The summed E-state index contributed by atoms with van der Waals surface area (Å²) < 4.78 is 13.0. The molecule has 0 bridgehead atoms. The molecule has 4 heterocycles. The minimum atomic E-state index is -0.171. The van der Waals surface area contributed by atoms with Crippen LogP contribution in [0.25, 0.3) is 9.40 Å². The van der Waals surface area contributed by atoms with Crippen LogP contribution in [-0.4, -0.2) is 54.7 Å². The predicted octanol–water partition coefficient (Wildman–Crippen LogP) is 4.07. The number of nitrogens with zero attached hydrogens (tertiary/aromatic N) is 2. The highest BCUT2D eigenvalue weighted by atomic mass is 32.1. The maximum absolute atomic E-state index is 12.9. The first-order valence-electron chi connectivity index (χ1n) is 9.39. The van der Waals surface area contributed by atoms with Crippen molar-refractivity contribution in [2.24, 2.45) is 0 Å². The van der Waals surface area contributed by atoms with Gasteiger partial charge in [-0.25, -0.2) is 4.79 Å². The molecule has 0 spiro atoms. The third kappa shape index (κ3) is 3.63. The van der Waals surface area contributed by atoms with Gasteiger partial charge in [0.1, 0.15) is 0 Å². The van der Waals surface area contributed by atoms with Crippen LogP contribution in [0.3, 0.4) is 0 Å². The molecule has 3 amide bonds. The van der Waals surface area contributed by atoms with Crippen molar-refractivity contribution in [3.8, 4) is 11.5 Å². The summed E-state index contributed by atoms with van der Waals surface area (Å²) in [7, 11) is 0. The van der Waals surface area contributed by atoms with Gasteiger partial charge in [-0.1, -0.05) is 0 Å². The molecule has 7 nitrogen and oxygen atoms in total. The van der Waals surface area contributed by atoms with Gasteiger partial charge in [-0.2, -0.15) is 0 Å². The lowest BCUT2D eigenvalue weighted by atomic mass is 10.3. The van der Waals surface area contributed by atoms with E-state index in [0.717, 1.165) is 20.7 Å². The maximum Gasteiger partial charge on any atom is 0.321 e. The largest absolute Gasteiger partial charge is 0.454 e. The molecule has 1 aromatic carbocycles. The summed E-state index contributed by atoms with van der Waals surface area (Å²) in [5.41, 5.74) is 0.662. The Morgan fingerprint density at radius 1 is 0.931 bits per heavy atom. The van der Waals surface area contributed by atoms with Gasteiger partial charge in [-0.3, -0.25) is 4.79 Å². The Kier molecular flexibility index (Phi) is 4.76. The Morgan fingerprint density at radius 3 is 2.66 bits per heavy atom. The van der Waals surface area contributed by atoms with Crippen LogP contribution in [0.1, 0.15) is 16.1 Å². The number of hydrogen-bond acceptors (Lipinski definition) is 6. The molecule has 1 fully saturated rings. The number of amides is 3. The normalized spacial score (nSPS) is 16.1. The fraction of sp³-hybridized carbons (Fsp3) is 0.300. The Bertz CT molecular complexity index is 1050. The average Bonchev–Trinajstić information content (AvgIpc) is 3.39. The zero-order valence-electron chi connectivity index (χ0n) is 15.6. The van der Waals surface area contributed by atoms with Crippen LogP contribution in [0.5, 0.6) is 11.5 Å². The summed E-state index contributed by atoms with van der Waals surface area (Å²) >= 11 is 3.19. The Morgan fingerprint density at radius 2 is 1.76 bits per heavy atom. The molecular weight excluding hydrogens is 410 g/mol. The summed E-state index contributed by atoms with van der Waals surface area (Å²) in [6, 6.07) is 9.19. The van der Waals surface area contributed by atoms with E-state index in [1.165, 1.54) is 11.3 Å². The minimum Gasteiger partial charge on any atom is -0.454 e. The van der Waals surface area contributed by atoms with Crippen LogP contribution in [-0.2, 0) is 0 Å². The van der Waals surface area contributed by atoms with Gasteiger partial charge in [0, 0.05) is 47.3 Å². The Hall–Kier alpha value is -2.78. The molecule has 9 heteroatoms. The summed E-state index contributed by atoms with van der Waals surface area (Å²) in [5.74, 6) is 1.36. The van der Waals surface area contributed by atoms with E-state index in [2.05, 4.69) is 5.32 Å². The summed E-state index contributed by atoms with van der Waals surface area (Å²) in [4.78, 5) is 30.0. The lowest BCUT2D eigenvalue weighted by molar-refractivity contribution is 0.0767. The molecule has 2 aliphatic heterocycles. The molecule has 0 aliphatic carbocycles. The van der Waals surface area contributed by atoms with Crippen molar-refractivity contribution in [2.45, 2.75) is 6.42 Å². The number of nitrogens with one attached hydrogen (secondary N) is 1. The number of carbonyl (C=O) groups excluding carboxylic acids is 2. The SMILES string of the molecule is O=C(Nc1ccc2c(c1)OCO2)N1CCCN(C(=O)c2cc3sccc3s2)CC1. The van der Waals surface area contributed by atoms with Gasteiger partial charge < -0.3 is 24.6 Å². The van der Waals surface area contributed by atoms with E-state index in [1.54, 1.807) is 34.4 Å². The highest BCUT2D eigenvalue weighted by molar-refractivity contribution is 7.27. The molecule has 150 valence electrons. The molecule has 0 radical (unpaired) electrons. The van der Waals surface area contributed by atoms with E-state index >= 15 is 0 Å². The summed E-state index contributed by atoms with van der Waals surface area (Å²) in [5, 5.41) is 4.95. The standard InChI is InChI=1S/C20H19N3O4S2/c24-19(18-11-17-16(29-18)4-9-28-17)22-5-1-6-23(8-7-22)20(25)21-13-2-3-14-15(10-13)27-12-26-14/h2-4,9-11H,1,5-8,12H2,(H,21,25). The number of thiophene rings is 2. The second-order valence-corrected chi connectivity index (χ2v) is 8.92. The highest BCUT2D eigenvalue weighted by Gasteiger charge is 2.24. The molecule has 2 aliphatic rings. The van der Waals surface area contributed by atoms with Crippen LogP contribution < -0.4 is 14.8 Å². The van der Waals surface area contributed by atoms with Crippen molar-refractivity contribution in [3.05, 3.63) is 40.6 Å². The second kappa shape index (κ2) is 7.57. The molecule has 0 saturated carbocycles. The van der Waals surface area contributed by atoms with E-state index in [-0.39, 0.29) is 18.7 Å². The van der Waals surface area contributed by atoms with E-state index in [4.69, 9.17) is 9.47 Å². The summed E-state index contributed by atoms with van der Waals surface area (Å²) in [6.07, 6.45) is 0.750. The van der Waals surface area contributed by atoms with E-state index in [0.29, 0.717) is 43.4 Å². The fourth-order valence-electron chi connectivity index (χ4n) is 3.53. The van der Waals surface area contributed by atoms with Crippen molar-refractivity contribution >= 4 is 49.7 Å². The average molecular weight is 430 g/mol. The highest BCUT2D eigenvalue weighted by Crippen LogP contribution is 2.34. The Balaban J connectivity index is 1.21. The topological polar surface area (TPSA) is 71.1 Å². The second-order valence-electron chi connectivity index (χ2n) is 6.89. The molecule has 0 atom stereocenters. The number of carbonyl (C=O) groups is 2. The molecule has 29 heavy (non-hydrogen) atoms. The van der Waals surface area contributed by atoms with Gasteiger partial charge in [0.2, 0.25) is 6.79 Å². The van der Waals surface area contributed by atoms with Crippen molar-refractivity contribution in [3.63, 3.8) is 0 Å². The zero-order chi connectivity index (χ0) is 19.8. The first kappa shape index (κ1) is 18.3. The molecule has 1 N–H and O–H groups in total. The number of benzene rings is 1. The van der Waals surface area contributed by atoms with Crippen molar-refractivity contribution in [2.75, 3.05) is 38.3 Å². The van der Waals surface area contributed by atoms with Gasteiger partial charge in [-0.15, -0.1) is 22.7 Å². The zero-order valence-corrected chi connectivity index (χ0v) is 17.2. The van der Waals surface area contributed by atoms with Gasteiger partial charge in [0.15, 0.2) is 11.5 Å². The molecule has 1 saturated heterocycles. The Labute approximate surface area is 175 Å². The van der Waals surface area contributed by atoms with Crippen LogP contribution in [0, 0.1) is 0 Å². The first-order valence-corrected chi connectivity index (χ1v) is 11.1. The number of anilines is 1. The van der Waals surface area contributed by atoms with E-state index < -0.39 is 0 Å². The van der Waals surface area contributed by atoms with Crippen LogP contribution in [0.4, 0.5) is 10.5 Å². The molecule has 3 aromatic rings. The lowest BCUT2D eigenvalue weighted by Crippen LogP contribution is -2.39. The fourth-order valence-corrected chi connectivity index (χ4v) is 5.60. The number of fused-ring (bicyclic) bond motifs is 2. The van der Waals surface area contributed by atoms with Crippen molar-refractivity contribution < 1.29 is 19.1 Å². The van der Waals surface area contributed by atoms with Gasteiger partial charge >= 0.3 is 6.03 Å². The van der Waals surface area contributed by atoms with E-state index in [1.807, 2.05) is 22.4 Å².